The summed E-state index contributed by atoms with van der Waals surface area (Å²) in [6.07, 6.45) is 3.83. The summed E-state index contributed by atoms with van der Waals surface area (Å²) >= 11 is 1.90. The van der Waals surface area contributed by atoms with Crippen molar-refractivity contribution in [3.63, 3.8) is 0 Å². The van der Waals surface area contributed by atoms with Crippen LogP contribution in [0, 0.1) is 5.41 Å². The first-order chi connectivity index (χ1) is 10.2. The van der Waals surface area contributed by atoms with Crippen LogP contribution < -0.4 is 10.5 Å². The maximum Gasteiger partial charge on any atom is 0.306 e. The number of nitrogens with two attached hydrogens (primary N) is 1. The summed E-state index contributed by atoms with van der Waals surface area (Å²) in [4.78, 5) is 11.3. The molecule has 1 saturated carbocycles. The number of benzene rings is 1. The Kier molecular flexibility index (Phi) is 5.79. The number of carbonyl (C=O) groups is 1. The zero-order valence-electron chi connectivity index (χ0n) is 12.5. The number of methoxy groups -OCH3 is 1. The molecule has 4 nitrogen and oxygen atoms in total. The Balaban J connectivity index is 1.56. The molecule has 1 aliphatic carbocycles. The SMILES string of the molecule is COC(=O)CC1(CSCCCOc2ccccc2N)CC1. The molecule has 0 amide bonds. The molecule has 0 atom stereocenters. The molecule has 1 fully saturated rings. The third-order valence-electron chi connectivity index (χ3n) is 3.72. The molecular formula is C16H23NO3S. The van der Waals surface area contributed by atoms with E-state index in [0.29, 0.717) is 18.7 Å². The van der Waals surface area contributed by atoms with E-state index in [2.05, 4.69) is 0 Å². The lowest BCUT2D eigenvalue weighted by Crippen LogP contribution is -2.13. The highest BCUT2D eigenvalue weighted by Gasteiger charge is 2.44. The number of rotatable bonds is 9. The van der Waals surface area contributed by atoms with Gasteiger partial charge in [0.2, 0.25) is 0 Å². The minimum Gasteiger partial charge on any atom is -0.491 e. The fourth-order valence-electron chi connectivity index (χ4n) is 2.17. The van der Waals surface area contributed by atoms with Gasteiger partial charge in [-0.25, -0.2) is 0 Å². The smallest absolute Gasteiger partial charge is 0.306 e. The number of para-hydroxylation sites is 2. The summed E-state index contributed by atoms with van der Waals surface area (Å²) in [7, 11) is 1.46. The van der Waals surface area contributed by atoms with Gasteiger partial charge < -0.3 is 15.2 Å². The number of esters is 1. The Bertz CT molecular complexity index is 474. The highest BCUT2D eigenvalue weighted by atomic mass is 32.2. The first-order valence-corrected chi connectivity index (χ1v) is 8.43. The van der Waals surface area contributed by atoms with Gasteiger partial charge in [-0.1, -0.05) is 12.1 Å². The van der Waals surface area contributed by atoms with Gasteiger partial charge in [0.25, 0.3) is 0 Å². The van der Waals surface area contributed by atoms with Crippen LogP contribution in [0.1, 0.15) is 25.7 Å². The van der Waals surface area contributed by atoms with E-state index in [1.807, 2.05) is 36.0 Å². The van der Waals surface area contributed by atoms with Gasteiger partial charge in [0, 0.05) is 0 Å². The van der Waals surface area contributed by atoms with E-state index in [-0.39, 0.29) is 11.4 Å². The number of anilines is 1. The highest BCUT2D eigenvalue weighted by molar-refractivity contribution is 7.99. The second-order valence-corrected chi connectivity index (χ2v) is 6.65. The zero-order chi connectivity index (χ0) is 15.1. The third kappa shape index (κ3) is 5.16. The van der Waals surface area contributed by atoms with Gasteiger partial charge in [-0.05, 0) is 48.3 Å². The van der Waals surface area contributed by atoms with Crippen LogP contribution in [0.2, 0.25) is 0 Å². The minimum atomic E-state index is -0.0870. The standard InChI is InChI=1S/C16H23NO3S/c1-19-15(18)11-16(7-8-16)12-21-10-4-9-20-14-6-3-2-5-13(14)17/h2-3,5-6H,4,7-12,17H2,1H3. The number of hydrogen-bond acceptors (Lipinski definition) is 5. The van der Waals surface area contributed by atoms with Crippen LogP contribution in [0.4, 0.5) is 5.69 Å². The summed E-state index contributed by atoms with van der Waals surface area (Å²) in [6, 6.07) is 7.55. The van der Waals surface area contributed by atoms with Crippen molar-refractivity contribution in [3.8, 4) is 5.75 Å². The van der Waals surface area contributed by atoms with Crippen molar-refractivity contribution in [2.45, 2.75) is 25.7 Å². The molecule has 0 aliphatic heterocycles. The van der Waals surface area contributed by atoms with Gasteiger partial charge in [-0.15, -0.1) is 0 Å². The monoisotopic (exact) mass is 309 g/mol. The van der Waals surface area contributed by atoms with Crippen molar-refractivity contribution in [2.75, 3.05) is 31.0 Å². The van der Waals surface area contributed by atoms with Crippen molar-refractivity contribution >= 4 is 23.4 Å². The average Bonchev–Trinajstić information content (AvgIpc) is 3.24. The summed E-state index contributed by atoms with van der Waals surface area (Å²) in [5, 5.41) is 0. The summed E-state index contributed by atoms with van der Waals surface area (Å²) in [6.45, 7) is 0.672. The topological polar surface area (TPSA) is 61.5 Å². The van der Waals surface area contributed by atoms with Gasteiger partial charge in [0.05, 0.1) is 25.8 Å². The van der Waals surface area contributed by atoms with Crippen LogP contribution in [0.3, 0.4) is 0 Å². The van der Waals surface area contributed by atoms with Gasteiger partial charge in [-0.3, -0.25) is 4.79 Å². The molecule has 2 rings (SSSR count). The predicted molar refractivity (Wildman–Crippen MR) is 86.6 cm³/mol. The van der Waals surface area contributed by atoms with Crippen LogP contribution in [0.5, 0.6) is 5.75 Å². The maximum atomic E-state index is 11.3. The van der Waals surface area contributed by atoms with Crippen molar-refractivity contribution in [1.82, 2.24) is 0 Å². The summed E-state index contributed by atoms with van der Waals surface area (Å²) in [5.74, 6) is 2.74. The lowest BCUT2D eigenvalue weighted by molar-refractivity contribution is -0.141. The first kappa shape index (κ1) is 16.0. The zero-order valence-corrected chi connectivity index (χ0v) is 13.3. The summed E-state index contributed by atoms with van der Waals surface area (Å²) in [5.41, 5.74) is 6.70. The highest BCUT2D eigenvalue weighted by Crippen LogP contribution is 2.51. The van der Waals surface area contributed by atoms with E-state index in [9.17, 15) is 4.79 Å². The van der Waals surface area contributed by atoms with Crippen LogP contribution in [-0.2, 0) is 9.53 Å². The van der Waals surface area contributed by atoms with Gasteiger partial charge in [0.15, 0.2) is 0 Å². The average molecular weight is 309 g/mol. The molecule has 0 bridgehead atoms. The van der Waals surface area contributed by atoms with E-state index in [0.717, 1.165) is 36.5 Å². The van der Waals surface area contributed by atoms with E-state index in [1.165, 1.54) is 7.11 Å². The number of thioether (sulfide) groups is 1. The van der Waals surface area contributed by atoms with Gasteiger partial charge in [0.1, 0.15) is 5.75 Å². The van der Waals surface area contributed by atoms with Crippen LogP contribution in [-0.4, -0.2) is 31.2 Å². The molecule has 0 saturated heterocycles. The lowest BCUT2D eigenvalue weighted by atomic mass is 10.1. The first-order valence-electron chi connectivity index (χ1n) is 7.27. The third-order valence-corrected chi connectivity index (χ3v) is 5.12. The van der Waals surface area contributed by atoms with E-state index in [1.54, 1.807) is 0 Å². The fraction of sp³-hybridized carbons (Fsp3) is 0.562. The van der Waals surface area contributed by atoms with Crippen molar-refractivity contribution in [1.29, 1.82) is 0 Å². The van der Waals surface area contributed by atoms with E-state index >= 15 is 0 Å². The van der Waals surface area contributed by atoms with Crippen LogP contribution in [0.15, 0.2) is 24.3 Å². The quantitative estimate of drug-likeness (QED) is 0.431. The molecule has 0 heterocycles. The van der Waals surface area contributed by atoms with Crippen LogP contribution in [0.25, 0.3) is 0 Å². The summed E-state index contributed by atoms with van der Waals surface area (Å²) < 4.78 is 10.4. The number of carbonyl (C=O) groups excluding carboxylic acids is 1. The largest absolute Gasteiger partial charge is 0.491 e. The molecule has 0 radical (unpaired) electrons. The number of nitrogen functional groups attached to an aromatic ring is 1. The van der Waals surface area contributed by atoms with Crippen molar-refractivity contribution < 1.29 is 14.3 Å². The van der Waals surface area contributed by atoms with Crippen LogP contribution >= 0.6 is 11.8 Å². The molecule has 0 aromatic heterocycles. The Labute approximate surface area is 130 Å². The second kappa shape index (κ2) is 7.59. The molecule has 116 valence electrons. The molecule has 5 heteroatoms. The Morgan fingerprint density at radius 3 is 2.81 bits per heavy atom. The normalized spacial score (nSPS) is 15.5. The lowest BCUT2D eigenvalue weighted by Gasteiger charge is -2.13. The Morgan fingerprint density at radius 2 is 2.14 bits per heavy atom. The fourth-order valence-corrected chi connectivity index (χ4v) is 3.46. The Morgan fingerprint density at radius 1 is 1.38 bits per heavy atom. The molecule has 21 heavy (non-hydrogen) atoms. The van der Waals surface area contributed by atoms with E-state index in [4.69, 9.17) is 15.2 Å². The molecule has 0 unspecified atom stereocenters. The molecule has 1 aromatic rings. The number of hydrogen-bond donors (Lipinski definition) is 1. The molecule has 1 aliphatic rings. The predicted octanol–water partition coefficient (Wildman–Crippen LogP) is 3.11. The molecule has 0 spiro atoms. The maximum absolute atomic E-state index is 11.3. The molecule has 2 N–H and O–H groups in total. The minimum absolute atomic E-state index is 0.0870. The van der Waals surface area contributed by atoms with E-state index < -0.39 is 0 Å². The van der Waals surface area contributed by atoms with Gasteiger partial charge >= 0.3 is 5.97 Å². The number of ether oxygens (including phenoxy) is 2. The second-order valence-electron chi connectivity index (χ2n) is 5.55. The van der Waals surface area contributed by atoms with Crippen molar-refractivity contribution in [2.24, 2.45) is 5.41 Å². The van der Waals surface area contributed by atoms with Crippen molar-refractivity contribution in [3.05, 3.63) is 24.3 Å². The Hall–Kier alpha value is -1.36. The molecule has 1 aromatic carbocycles. The van der Waals surface area contributed by atoms with Gasteiger partial charge in [-0.2, -0.15) is 11.8 Å². The molecular weight excluding hydrogens is 286 g/mol.